The molecule has 1 saturated heterocycles. The second kappa shape index (κ2) is 8.19. The summed E-state index contributed by atoms with van der Waals surface area (Å²) in [4.78, 5) is 39.8. The first-order valence-corrected chi connectivity index (χ1v) is 8.47. The molecular formula is C19H18N4O4. The Hall–Kier alpha value is -3.60. The van der Waals surface area contributed by atoms with Crippen LogP contribution >= 0.6 is 0 Å². The molecule has 0 aliphatic carbocycles. The van der Waals surface area contributed by atoms with Gasteiger partial charge in [0.05, 0.1) is 17.9 Å². The van der Waals surface area contributed by atoms with E-state index in [4.69, 9.17) is 9.68 Å². The van der Waals surface area contributed by atoms with E-state index in [0.29, 0.717) is 37.4 Å². The van der Waals surface area contributed by atoms with Crippen LogP contribution in [-0.4, -0.2) is 53.7 Å². The van der Waals surface area contributed by atoms with Gasteiger partial charge in [0.1, 0.15) is 6.42 Å². The van der Waals surface area contributed by atoms with E-state index < -0.39 is 5.91 Å². The summed E-state index contributed by atoms with van der Waals surface area (Å²) in [6, 6.07) is 11.7. The quantitative estimate of drug-likeness (QED) is 0.825. The topological polar surface area (TPSA) is 107 Å². The van der Waals surface area contributed by atoms with Gasteiger partial charge < -0.3 is 19.5 Å². The van der Waals surface area contributed by atoms with Gasteiger partial charge in [-0.2, -0.15) is 5.26 Å². The van der Waals surface area contributed by atoms with E-state index in [1.165, 1.54) is 6.26 Å². The molecule has 1 aliphatic rings. The summed E-state index contributed by atoms with van der Waals surface area (Å²) in [5, 5.41) is 11.5. The second-order valence-electron chi connectivity index (χ2n) is 6.07. The maximum Gasteiger partial charge on any atom is 0.289 e. The van der Waals surface area contributed by atoms with Crippen LogP contribution in [0, 0.1) is 11.3 Å². The molecule has 8 nitrogen and oxygen atoms in total. The molecule has 0 radical (unpaired) electrons. The number of hydrogen-bond acceptors (Lipinski definition) is 5. The van der Waals surface area contributed by atoms with Crippen LogP contribution in [0.1, 0.15) is 22.5 Å². The van der Waals surface area contributed by atoms with Gasteiger partial charge in [-0.3, -0.25) is 14.4 Å². The van der Waals surface area contributed by atoms with Crippen molar-refractivity contribution in [2.24, 2.45) is 0 Å². The smallest absolute Gasteiger partial charge is 0.289 e. The van der Waals surface area contributed by atoms with Crippen molar-refractivity contribution in [2.75, 3.05) is 31.5 Å². The highest BCUT2D eigenvalue weighted by Gasteiger charge is 2.26. The van der Waals surface area contributed by atoms with Crippen LogP contribution < -0.4 is 5.32 Å². The average molecular weight is 366 g/mol. The minimum Gasteiger partial charge on any atom is -0.459 e. The number of hydrogen-bond donors (Lipinski definition) is 1. The van der Waals surface area contributed by atoms with Gasteiger partial charge in [0.25, 0.3) is 5.91 Å². The summed E-state index contributed by atoms with van der Waals surface area (Å²) in [5.74, 6) is -0.672. The monoisotopic (exact) mass is 366 g/mol. The molecule has 0 unspecified atom stereocenters. The van der Waals surface area contributed by atoms with E-state index in [-0.39, 0.29) is 24.0 Å². The predicted molar refractivity (Wildman–Crippen MR) is 95.6 cm³/mol. The molecule has 0 atom stereocenters. The summed E-state index contributed by atoms with van der Waals surface area (Å²) >= 11 is 0. The largest absolute Gasteiger partial charge is 0.459 e. The fourth-order valence-corrected chi connectivity index (χ4v) is 2.84. The number of rotatable bonds is 4. The Morgan fingerprint density at radius 3 is 2.48 bits per heavy atom. The van der Waals surface area contributed by atoms with E-state index in [0.717, 1.165) is 0 Å². The van der Waals surface area contributed by atoms with E-state index in [2.05, 4.69) is 5.32 Å². The molecule has 1 aliphatic heterocycles. The van der Waals surface area contributed by atoms with E-state index in [1.54, 1.807) is 46.2 Å². The number of carbonyl (C=O) groups is 3. The highest BCUT2D eigenvalue weighted by atomic mass is 16.3. The molecular weight excluding hydrogens is 348 g/mol. The standard InChI is InChI=1S/C19H18N4O4/c20-13-14-3-1-4-15(11-14)21-17(24)12-18(25)22-6-8-23(9-7-22)19(26)16-5-2-10-27-16/h1-5,10-11H,6-9,12H2,(H,21,24). The first-order chi connectivity index (χ1) is 13.1. The molecule has 2 heterocycles. The molecule has 1 fully saturated rings. The molecule has 1 aromatic heterocycles. The zero-order valence-electron chi connectivity index (χ0n) is 14.6. The Labute approximate surface area is 156 Å². The minimum atomic E-state index is -0.441. The maximum atomic E-state index is 12.3. The summed E-state index contributed by atoms with van der Waals surface area (Å²) in [7, 11) is 0. The van der Waals surface area contributed by atoms with Crippen LogP contribution in [0.25, 0.3) is 0 Å². The Morgan fingerprint density at radius 2 is 1.81 bits per heavy atom. The van der Waals surface area contributed by atoms with E-state index in [1.807, 2.05) is 6.07 Å². The lowest BCUT2D eigenvalue weighted by Crippen LogP contribution is -2.51. The lowest BCUT2D eigenvalue weighted by molar-refractivity contribution is -0.135. The number of carbonyl (C=O) groups excluding carboxylic acids is 3. The van der Waals surface area contributed by atoms with Crippen molar-refractivity contribution >= 4 is 23.4 Å². The van der Waals surface area contributed by atoms with E-state index >= 15 is 0 Å². The van der Waals surface area contributed by atoms with Crippen LogP contribution in [0.4, 0.5) is 5.69 Å². The molecule has 138 valence electrons. The lowest BCUT2D eigenvalue weighted by Gasteiger charge is -2.34. The fourth-order valence-electron chi connectivity index (χ4n) is 2.84. The molecule has 1 aromatic carbocycles. The van der Waals surface area contributed by atoms with Crippen LogP contribution in [-0.2, 0) is 9.59 Å². The van der Waals surface area contributed by atoms with Gasteiger partial charge in [0, 0.05) is 31.9 Å². The number of nitrogens with zero attached hydrogens (tertiary/aromatic N) is 3. The van der Waals surface area contributed by atoms with Crippen molar-refractivity contribution < 1.29 is 18.8 Å². The normalized spacial score (nSPS) is 13.7. The Bertz CT molecular complexity index is 877. The molecule has 3 amide bonds. The third-order valence-corrected chi connectivity index (χ3v) is 4.24. The van der Waals surface area contributed by atoms with Gasteiger partial charge >= 0.3 is 0 Å². The minimum absolute atomic E-state index is 0.206. The highest BCUT2D eigenvalue weighted by molar-refractivity contribution is 6.03. The van der Waals surface area contributed by atoms with Gasteiger partial charge in [-0.05, 0) is 30.3 Å². The third kappa shape index (κ3) is 4.52. The summed E-state index contributed by atoms with van der Waals surface area (Å²) in [6.45, 7) is 1.50. The van der Waals surface area contributed by atoms with Crippen LogP contribution in [0.3, 0.4) is 0 Å². The van der Waals surface area contributed by atoms with Gasteiger partial charge in [-0.15, -0.1) is 0 Å². The van der Waals surface area contributed by atoms with Crippen LogP contribution in [0.5, 0.6) is 0 Å². The first-order valence-electron chi connectivity index (χ1n) is 8.47. The fraction of sp³-hybridized carbons (Fsp3) is 0.263. The summed E-state index contributed by atoms with van der Waals surface area (Å²) < 4.78 is 5.10. The van der Waals surface area contributed by atoms with Gasteiger partial charge in [0.2, 0.25) is 11.8 Å². The van der Waals surface area contributed by atoms with Gasteiger partial charge in [0.15, 0.2) is 5.76 Å². The van der Waals surface area contributed by atoms with Crippen molar-refractivity contribution in [3.05, 3.63) is 54.0 Å². The highest BCUT2D eigenvalue weighted by Crippen LogP contribution is 2.12. The number of nitrogens with one attached hydrogen (secondary N) is 1. The second-order valence-corrected chi connectivity index (χ2v) is 6.07. The molecule has 0 saturated carbocycles. The van der Waals surface area contributed by atoms with Crippen molar-refractivity contribution in [1.82, 2.24) is 9.80 Å². The van der Waals surface area contributed by atoms with Crippen LogP contribution in [0.2, 0.25) is 0 Å². The number of piperazine rings is 1. The number of nitriles is 1. The van der Waals surface area contributed by atoms with Crippen molar-refractivity contribution in [2.45, 2.75) is 6.42 Å². The molecule has 2 aromatic rings. The summed E-state index contributed by atoms with van der Waals surface area (Å²) in [6.07, 6.45) is 1.15. The molecule has 27 heavy (non-hydrogen) atoms. The number of furan rings is 1. The van der Waals surface area contributed by atoms with Crippen LogP contribution in [0.15, 0.2) is 47.1 Å². The Balaban J connectivity index is 1.48. The number of anilines is 1. The SMILES string of the molecule is N#Cc1cccc(NC(=O)CC(=O)N2CCN(C(=O)c3ccco3)CC2)c1. The van der Waals surface area contributed by atoms with Gasteiger partial charge in [-0.25, -0.2) is 0 Å². The lowest BCUT2D eigenvalue weighted by atomic mass is 10.2. The third-order valence-electron chi connectivity index (χ3n) is 4.24. The zero-order valence-corrected chi connectivity index (χ0v) is 14.6. The van der Waals surface area contributed by atoms with Gasteiger partial charge in [-0.1, -0.05) is 6.07 Å². The van der Waals surface area contributed by atoms with Crippen molar-refractivity contribution in [1.29, 1.82) is 5.26 Å². The average Bonchev–Trinajstić information content (AvgIpc) is 3.22. The predicted octanol–water partition coefficient (Wildman–Crippen LogP) is 1.46. The van der Waals surface area contributed by atoms with Crippen molar-refractivity contribution in [3.63, 3.8) is 0 Å². The first kappa shape index (κ1) is 18.2. The Kier molecular flexibility index (Phi) is 5.52. The summed E-state index contributed by atoms with van der Waals surface area (Å²) in [5.41, 5.74) is 0.900. The van der Waals surface area contributed by atoms with E-state index in [9.17, 15) is 14.4 Å². The molecule has 0 spiro atoms. The molecule has 3 rings (SSSR count). The number of amides is 3. The number of benzene rings is 1. The Morgan fingerprint density at radius 1 is 1.07 bits per heavy atom. The molecule has 0 bridgehead atoms. The van der Waals surface area contributed by atoms with Crippen molar-refractivity contribution in [3.8, 4) is 6.07 Å². The maximum absolute atomic E-state index is 12.3. The zero-order chi connectivity index (χ0) is 19.2. The molecule has 1 N–H and O–H groups in total. The molecule has 8 heteroatoms.